The third kappa shape index (κ3) is 5.74. The second-order valence-corrected chi connectivity index (χ2v) is 14.5. The van der Waals surface area contributed by atoms with E-state index in [4.69, 9.17) is 14.7 Å². The molecule has 3 aromatic heterocycles. The first-order valence-electron chi connectivity index (χ1n) is 19.3. The number of H-pyrrole nitrogens is 2. The summed E-state index contributed by atoms with van der Waals surface area (Å²) in [6, 6.07) is 55.1. The second-order valence-electron chi connectivity index (χ2n) is 14.5. The van der Waals surface area contributed by atoms with Crippen LogP contribution in [-0.4, -0.2) is 25.0 Å². The Hall–Kier alpha value is -7.96. The normalized spacial score (nSPS) is 12.1. The zero-order chi connectivity index (χ0) is 38.6. The molecule has 11 rings (SSSR count). The number of rotatable bonds is 5. The maximum absolute atomic E-state index is 11.7. The third-order valence-electron chi connectivity index (χ3n) is 10.9. The lowest BCUT2D eigenvalue weighted by Gasteiger charge is -2.18. The molecule has 8 bridgehead atoms. The van der Waals surface area contributed by atoms with E-state index in [2.05, 4.69) is 101 Å². The number of phenolic OH excluding ortho intramolecular Hbond substituents is 1. The Labute approximate surface area is 333 Å². The van der Waals surface area contributed by atoms with Gasteiger partial charge in [-0.2, -0.15) is 0 Å². The summed E-state index contributed by atoms with van der Waals surface area (Å²) in [5.74, 6) is 1.30. The molecule has 0 saturated heterocycles. The van der Waals surface area contributed by atoms with Crippen molar-refractivity contribution in [1.82, 2.24) is 19.9 Å². The molecule has 9 aromatic rings. The number of hydrogen-bond donors (Lipinski definition) is 3. The van der Waals surface area contributed by atoms with Crippen LogP contribution in [0.1, 0.15) is 22.8 Å². The standard InChI is InChI=1S/C52H34N4O2/c57-46-29-19-32-11-7-9-17-38(32)50(46)51-39-18-10-8-12-33(39)20-30-47(51)58-52-44-27-25-42(55-44)48(34-13-3-1-4-14-34)40-23-21-36(53-40)31-37-22-24-41(54-37)49(35-15-5-2-6-16-35)43-26-28-45(52)56-43/h1-31,53,56-57H. The lowest BCUT2D eigenvalue weighted by molar-refractivity contribution is 0.474. The Morgan fingerprint density at radius 3 is 1.74 bits per heavy atom. The maximum Gasteiger partial charge on any atom is 0.176 e. The Balaban J connectivity index is 1.25. The number of hydrogen-bond acceptors (Lipinski definition) is 4. The van der Waals surface area contributed by atoms with Crippen molar-refractivity contribution in [3.8, 4) is 50.6 Å². The minimum atomic E-state index is 0.173. The lowest BCUT2D eigenvalue weighted by Crippen LogP contribution is -1.94. The Kier molecular flexibility index (Phi) is 7.86. The van der Waals surface area contributed by atoms with Crippen LogP contribution in [0.5, 0.6) is 17.2 Å². The van der Waals surface area contributed by atoms with Crippen molar-refractivity contribution < 1.29 is 9.84 Å². The van der Waals surface area contributed by atoms with Gasteiger partial charge in [0.05, 0.1) is 22.6 Å². The van der Waals surface area contributed by atoms with Gasteiger partial charge in [-0.1, -0.05) is 121 Å². The van der Waals surface area contributed by atoms with Crippen LogP contribution >= 0.6 is 0 Å². The van der Waals surface area contributed by atoms with Gasteiger partial charge in [-0.25, -0.2) is 9.97 Å². The molecule has 0 amide bonds. The van der Waals surface area contributed by atoms with Crippen LogP contribution in [0.15, 0.2) is 164 Å². The minimum Gasteiger partial charge on any atom is -0.507 e. The molecule has 5 heterocycles. The smallest absolute Gasteiger partial charge is 0.176 e. The first-order chi connectivity index (χ1) is 28.6. The monoisotopic (exact) mass is 746 g/mol. The molecule has 0 atom stereocenters. The molecule has 0 spiro atoms. The highest BCUT2D eigenvalue weighted by Crippen LogP contribution is 2.47. The van der Waals surface area contributed by atoms with Crippen molar-refractivity contribution in [2.24, 2.45) is 0 Å². The summed E-state index contributed by atoms with van der Waals surface area (Å²) in [7, 11) is 0. The van der Waals surface area contributed by atoms with Gasteiger partial charge in [-0.15, -0.1) is 0 Å². The van der Waals surface area contributed by atoms with Gasteiger partial charge in [0.25, 0.3) is 0 Å². The third-order valence-corrected chi connectivity index (χ3v) is 10.9. The van der Waals surface area contributed by atoms with Crippen molar-refractivity contribution in [2.75, 3.05) is 0 Å². The van der Waals surface area contributed by atoms with Gasteiger partial charge in [0.2, 0.25) is 0 Å². The molecule has 6 aromatic carbocycles. The van der Waals surface area contributed by atoms with E-state index in [9.17, 15) is 5.11 Å². The summed E-state index contributed by atoms with van der Waals surface area (Å²) in [6.45, 7) is 0. The van der Waals surface area contributed by atoms with Crippen molar-refractivity contribution >= 4 is 67.9 Å². The van der Waals surface area contributed by atoms with Crippen LogP contribution in [0.25, 0.3) is 101 Å². The van der Waals surface area contributed by atoms with Gasteiger partial charge in [-0.3, -0.25) is 0 Å². The van der Waals surface area contributed by atoms with E-state index >= 15 is 0 Å². The summed E-state index contributed by atoms with van der Waals surface area (Å²) >= 11 is 0. The molecular formula is C52H34N4O2. The number of phenols is 1. The van der Waals surface area contributed by atoms with Crippen molar-refractivity contribution in [1.29, 1.82) is 0 Å². The number of aromatic amines is 2. The number of nitrogens with one attached hydrogen (secondary N) is 2. The van der Waals surface area contributed by atoms with Gasteiger partial charge >= 0.3 is 0 Å². The molecule has 0 radical (unpaired) electrons. The highest BCUT2D eigenvalue weighted by Gasteiger charge is 2.22. The molecule has 0 saturated carbocycles. The lowest BCUT2D eigenvalue weighted by atomic mass is 9.92. The predicted molar refractivity (Wildman–Crippen MR) is 238 cm³/mol. The van der Waals surface area contributed by atoms with Gasteiger partial charge in [0, 0.05) is 38.8 Å². The Bertz CT molecular complexity index is 3280. The van der Waals surface area contributed by atoms with Gasteiger partial charge in [0.15, 0.2) is 5.75 Å². The van der Waals surface area contributed by atoms with Crippen LogP contribution < -0.4 is 4.74 Å². The fourth-order valence-electron chi connectivity index (χ4n) is 8.26. The molecule has 6 nitrogen and oxygen atoms in total. The van der Waals surface area contributed by atoms with Gasteiger partial charge in [-0.05, 0) is 99.4 Å². The second kappa shape index (κ2) is 13.7. The van der Waals surface area contributed by atoms with Crippen LogP contribution in [0.4, 0.5) is 0 Å². The number of nitrogens with zero attached hydrogens (tertiary/aromatic N) is 2. The van der Waals surface area contributed by atoms with E-state index in [0.29, 0.717) is 22.8 Å². The van der Waals surface area contributed by atoms with Crippen LogP contribution in [0.3, 0.4) is 0 Å². The average Bonchev–Trinajstić information content (AvgIpc) is 4.11. The van der Waals surface area contributed by atoms with E-state index in [1.54, 1.807) is 6.07 Å². The topological polar surface area (TPSA) is 86.8 Å². The van der Waals surface area contributed by atoms with Crippen LogP contribution in [0.2, 0.25) is 0 Å². The van der Waals surface area contributed by atoms with E-state index in [1.165, 1.54) is 0 Å². The highest BCUT2D eigenvalue weighted by molar-refractivity contribution is 6.10. The molecule has 2 aliphatic heterocycles. The zero-order valence-electron chi connectivity index (χ0n) is 31.1. The van der Waals surface area contributed by atoms with Crippen molar-refractivity contribution in [3.63, 3.8) is 0 Å². The molecule has 2 aliphatic rings. The number of aromatic hydroxyl groups is 1. The molecule has 58 heavy (non-hydrogen) atoms. The average molecular weight is 747 g/mol. The zero-order valence-corrected chi connectivity index (χ0v) is 31.1. The molecule has 0 fully saturated rings. The van der Waals surface area contributed by atoms with Gasteiger partial charge < -0.3 is 19.8 Å². The fraction of sp³-hybridized carbons (Fsp3) is 0. The van der Waals surface area contributed by atoms with Gasteiger partial charge in [0.1, 0.15) is 17.2 Å². The van der Waals surface area contributed by atoms with Crippen LogP contribution in [-0.2, 0) is 0 Å². The number of fused-ring (bicyclic) bond motifs is 10. The SMILES string of the molecule is Oc1ccc2ccccc2c1-c1c(Oc2c3nc(c(-c4ccccc4)c4ccc(cc5nc(c(-c6ccccc6)c6ccc2[nH]6)C=C5)[nH]4)C=C3)ccc2ccccc12. The maximum atomic E-state index is 11.7. The van der Waals surface area contributed by atoms with E-state index in [-0.39, 0.29) is 5.75 Å². The van der Waals surface area contributed by atoms with Crippen molar-refractivity contribution in [2.45, 2.75) is 0 Å². The first-order valence-corrected chi connectivity index (χ1v) is 19.3. The summed E-state index contributed by atoms with van der Waals surface area (Å²) in [5.41, 5.74) is 12.1. The Morgan fingerprint density at radius 2 is 1.00 bits per heavy atom. The van der Waals surface area contributed by atoms with E-state index in [0.717, 1.165) is 88.5 Å². The van der Waals surface area contributed by atoms with Crippen LogP contribution in [0, 0.1) is 0 Å². The number of benzene rings is 6. The molecule has 6 heteroatoms. The van der Waals surface area contributed by atoms with Crippen molar-refractivity contribution in [3.05, 3.63) is 187 Å². The quantitative estimate of drug-likeness (QED) is 0.164. The number of ether oxygens (including phenoxy) is 1. The minimum absolute atomic E-state index is 0.173. The highest BCUT2D eigenvalue weighted by atomic mass is 16.5. The molecule has 0 aliphatic carbocycles. The Morgan fingerprint density at radius 1 is 0.431 bits per heavy atom. The summed E-state index contributed by atoms with van der Waals surface area (Å²) < 4.78 is 7.26. The summed E-state index contributed by atoms with van der Waals surface area (Å²) in [5, 5.41) is 15.6. The van der Waals surface area contributed by atoms with E-state index in [1.807, 2.05) is 91.0 Å². The van der Waals surface area contributed by atoms with E-state index < -0.39 is 0 Å². The first kappa shape index (κ1) is 33.4. The largest absolute Gasteiger partial charge is 0.507 e. The summed E-state index contributed by atoms with van der Waals surface area (Å²) in [6.07, 6.45) is 8.20. The fourth-order valence-corrected chi connectivity index (χ4v) is 8.26. The molecule has 3 N–H and O–H groups in total. The molecule has 0 unspecified atom stereocenters. The molecular weight excluding hydrogens is 713 g/mol. The number of aromatic nitrogens is 4. The summed E-state index contributed by atoms with van der Waals surface area (Å²) in [4.78, 5) is 17.9. The molecule has 274 valence electrons. The predicted octanol–water partition coefficient (Wildman–Crippen LogP) is 13.5.